The van der Waals surface area contributed by atoms with Crippen molar-refractivity contribution >= 4 is 10.9 Å². The minimum Gasteiger partial charge on any atom is -0.504 e. The number of benzene rings is 1. The Bertz CT molecular complexity index is 949. The lowest BCUT2D eigenvalue weighted by Crippen LogP contribution is -2.22. The summed E-state index contributed by atoms with van der Waals surface area (Å²) in [6.07, 6.45) is 8.18. The molecule has 0 aliphatic carbocycles. The molecule has 1 heterocycles. The van der Waals surface area contributed by atoms with Crippen LogP contribution in [0.1, 0.15) is 53.4 Å². The average molecular weight is 400 g/mol. The maximum atomic E-state index is 12.7. The predicted octanol–water partition coefficient (Wildman–Crippen LogP) is 5.59. The van der Waals surface area contributed by atoms with Gasteiger partial charge in [-0.15, -0.1) is 0 Å². The maximum absolute atomic E-state index is 12.7. The molecule has 1 aromatic carbocycles. The van der Waals surface area contributed by atoms with Crippen molar-refractivity contribution in [2.75, 3.05) is 13.7 Å². The Hall–Kier alpha value is -2.69. The predicted molar refractivity (Wildman–Crippen MR) is 119 cm³/mol. The third-order valence-electron chi connectivity index (χ3n) is 4.88. The van der Waals surface area contributed by atoms with Crippen molar-refractivity contribution in [1.29, 1.82) is 0 Å². The Morgan fingerprint density at radius 1 is 1.21 bits per heavy atom. The molecule has 0 aliphatic rings. The van der Waals surface area contributed by atoms with Gasteiger partial charge in [0, 0.05) is 18.0 Å². The van der Waals surface area contributed by atoms with E-state index in [4.69, 9.17) is 9.47 Å². The number of aromatic hydroxyl groups is 1. The summed E-state index contributed by atoms with van der Waals surface area (Å²) in [4.78, 5) is 12.7. The summed E-state index contributed by atoms with van der Waals surface area (Å²) < 4.78 is 12.7. The molecule has 0 spiro atoms. The van der Waals surface area contributed by atoms with Gasteiger partial charge in [-0.3, -0.25) is 4.79 Å². The van der Waals surface area contributed by atoms with E-state index in [1.54, 1.807) is 10.6 Å². The first kappa shape index (κ1) is 22.6. The Balaban J connectivity index is 2.26. The number of hydrogen-bond acceptors (Lipinski definition) is 4. The van der Waals surface area contributed by atoms with Crippen molar-refractivity contribution in [3.05, 3.63) is 51.9 Å². The summed E-state index contributed by atoms with van der Waals surface area (Å²) in [5.74, 6) is 0.527. The maximum Gasteiger partial charge on any atom is 0.297 e. The number of pyridine rings is 1. The van der Waals surface area contributed by atoms with Gasteiger partial charge in [0.1, 0.15) is 12.4 Å². The lowest BCUT2D eigenvalue weighted by molar-refractivity contribution is 0.360. The van der Waals surface area contributed by atoms with Gasteiger partial charge in [-0.05, 0) is 58.2 Å². The molecule has 5 nitrogen and oxygen atoms in total. The number of unbranched alkanes of at least 4 members (excludes halogenated alkanes) is 1. The van der Waals surface area contributed by atoms with Gasteiger partial charge in [0.15, 0.2) is 5.75 Å². The number of ether oxygens (including phenoxy) is 2. The molecular formula is C24H33NO4. The largest absolute Gasteiger partial charge is 0.504 e. The quantitative estimate of drug-likeness (QED) is 0.529. The van der Waals surface area contributed by atoms with Crippen LogP contribution in [-0.4, -0.2) is 23.4 Å². The lowest BCUT2D eigenvalue weighted by atomic mass is 10.1. The molecule has 0 unspecified atom stereocenters. The van der Waals surface area contributed by atoms with Crippen molar-refractivity contribution in [3.8, 4) is 17.2 Å². The van der Waals surface area contributed by atoms with Crippen LogP contribution in [0.2, 0.25) is 0 Å². The van der Waals surface area contributed by atoms with Crippen LogP contribution in [0.15, 0.2) is 46.3 Å². The van der Waals surface area contributed by atoms with Crippen molar-refractivity contribution < 1.29 is 14.6 Å². The summed E-state index contributed by atoms with van der Waals surface area (Å²) in [5.41, 5.74) is 2.95. The monoisotopic (exact) mass is 399 g/mol. The van der Waals surface area contributed by atoms with Gasteiger partial charge in [0.25, 0.3) is 5.56 Å². The van der Waals surface area contributed by atoms with Gasteiger partial charge < -0.3 is 19.1 Å². The fourth-order valence-electron chi connectivity index (χ4n) is 3.17. The SMILES string of the molecule is CCCCn1c(=O)c(OC)c(O)c2ccc(OC/C=C(\C)CCC=C(C)C)cc21. The first-order chi connectivity index (χ1) is 13.9. The molecule has 29 heavy (non-hydrogen) atoms. The summed E-state index contributed by atoms with van der Waals surface area (Å²) in [5, 5.41) is 11.0. The van der Waals surface area contributed by atoms with Gasteiger partial charge >= 0.3 is 0 Å². The molecule has 0 fully saturated rings. The second-order valence-corrected chi connectivity index (χ2v) is 7.55. The van der Waals surface area contributed by atoms with Crippen LogP contribution < -0.4 is 15.0 Å². The minimum absolute atomic E-state index is 0.0165. The molecule has 1 aromatic heterocycles. The number of aryl methyl sites for hydroxylation is 1. The summed E-state index contributed by atoms with van der Waals surface area (Å²) in [6.45, 7) is 9.43. The number of nitrogens with zero attached hydrogens (tertiary/aromatic N) is 1. The molecule has 158 valence electrons. The van der Waals surface area contributed by atoms with E-state index >= 15 is 0 Å². The zero-order valence-corrected chi connectivity index (χ0v) is 18.2. The van der Waals surface area contributed by atoms with Crippen LogP contribution in [-0.2, 0) is 6.54 Å². The highest BCUT2D eigenvalue weighted by molar-refractivity contribution is 5.88. The Labute approximate surface area is 173 Å². The third kappa shape index (κ3) is 5.89. The van der Waals surface area contributed by atoms with Crippen LogP contribution >= 0.6 is 0 Å². The first-order valence-corrected chi connectivity index (χ1v) is 10.2. The van der Waals surface area contributed by atoms with Crippen LogP contribution in [0.25, 0.3) is 10.9 Å². The molecule has 0 saturated heterocycles. The van der Waals surface area contributed by atoms with Gasteiger partial charge in [-0.1, -0.05) is 30.6 Å². The highest BCUT2D eigenvalue weighted by Crippen LogP contribution is 2.33. The first-order valence-electron chi connectivity index (χ1n) is 10.2. The van der Waals surface area contributed by atoms with E-state index < -0.39 is 0 Å². The zero-order chi connectivity index (χ0) is 21.4. The third-order valence-corrected chi connectivity index (χ3v) is 4.88. The van der Waals surface area contributed by atoms with E-state index in [0.29, 0.717) is 29.8 Å². The van der Waals surface area contributed by atoms with Crippen molar-refractivity contribution in [1.82, 2.24) is 4.57 Å². The Morgan fingerprint density at radius 3 is 2.62 bits per heavy atom. The Morgan fingerprint density at radius 2 is 1.97 bits per heavy atom. The molecular weight excluding hydrogens is 366 g/mol. The molecule has 0 aliphatic heterocycles. The molecule has 0 radical (unpaired) electrons. The van der Waals surface area contributed by atoms with E-state index in [1.165, 1.54) is 18.3 Å². The fraction of sp³-hybridized carbons (Fsp3) is 0.458. The van der Waals surface area contributed by atoms with E-state index in [1.807, 2.05) is 12.1 Å². The minimum atomic E-state index is -0.321. The summed E-state index contributed by atoms with van der Waals surface area (Å²) >= 11 is 0. The van der Waals surface area contributed by atoms with Gasteiger partial charge in [-0.2, -0.15) is 0 Å². The van der Waals surface area contributed by atoms with E-state index in [2.05, 4.69) is 39.8 Å². The smallest absolute Gasteiger partial charge is 0.297 e. The number of hydrogen-bond donors (Lipinski definition) is 1. The highest BCUT2D eigenvalue weighted by Gasteiger charge is 2.17. The van der Waals surface area contributed by atoms with E-state index in [0.717, 1.165) is 25.7 Å². The second kappa shape index (κ2) is 10.7. The van der Waals surface area contributed by atoms with E-state index in [9.17, 15) is 9.90 Å². The van der Waals surface area contributed by atoms with Crippen molar-refractivity contribution in [2.45, 2.75) is 59.9 Å². The Kier molecular flexibility index (Phi) is 8.37. The van der Waals surface area contributed by atoms with Crippen molar-refractivity contribution in [2.24, 2.45) is 0 Å². The molecule has 2 aromatic rings. The topological polar surface area (TPSA) is 60.7 Å². The van der Waals surface area contributed by atoms with Crippen LogP contribution in [0.4, 0.5) is 0 Å². The van der Waals surface area contributed by atoms with Crippen molar-refractivity contribution in [3.63, 3.8) is 0 Å². The number of aromatic nitrogens is 1. The van der Waals surface area contributed by atoms with Gasteiger partial charge in [-0.25, -0.2) is 0 Å². The normalized spacial score (nSPS) is 11.6. The molecule has 0 atom stereocenters. The number of methoxy groups -OCH3 is 1. The molecule has 0 amide bonds. The van der Waals surface area contributed by atoms with Crippen LogP contribution in [0, 0.1) is 0 Å². The zero-order valence-electron chi connectivity index (χ0n) is 18.2. The molecule has 0 saturated carbocycles. The highest BCUT2D eigenvalue weighted by atomic mass is 16.5. The van der Waals surface area contributed by atoms with Gasteiger partial charge in [0.05, 0.1) is 12.6 Å². The molecule has 1 N–H and O–H groups in total. The number of allylic oxidation sites excluding steroid dienone is 3. The van der Waals surface area contributed by atoms with Crippen LogP contribution in [0.5, 0.6) is 17.2 Å². The summed E-state index contributed by atoms with van der Waals surface area (Å²) in [6, 6.07) is 5.40. The molecule has 2 rings (SSSR count). The summed E-state index contributed by atoms with van der Waals surface area (Å²) in [7, 11) is 1.40. The van der Waals surface area contributed by atoms with Crippen LogP contribution in [0.3, 0.4) is 0 Å². The molecule has 5 heteroatoms. The fourth-order valence-corrected chi connectivity index (χ4v) is 3.17. The van der Waals surface area contributed by atoms with Gasteiger partial charge in [0.2, 0.25) is 5.75 Å². The standard InChI is InChI=1S/C24H33NO4/c1-6-7-14-25-21-16-19(29-15-13-18(4)10-8-9-17(2)3)11-12-20(21)22(26)23(28-5)24(25)27/h9,11-13,16,26H,6-8,10,14-15H2,1-5H3/b18-13+. The second-order valence-electron chi connectivity index (χ2n) is 7.55. The average Bonchev–Trinajstić information content (AvgIpc) is 2.68. The molecule has 0 bridgehead atoms. The number of rotatable bonds is 10. The number of fused-ring (bicyclic) bond motifs is 1. The van der Waals surface area contributed by atoms with E-state index in [-0.39, 0.29) is 17.1 Å². The lowest BCUT2D eigenvalue weighted by Gasteiger charge is -2.15.